The molecule has 5 aromatic carbocycles. The first-order valence-corrected chi connectivity index (χ1v) is 45.5. The van der Waals surface area contributed by atoms with E-state index in [0.717, 1.165) is 31.5 Å². The van der Waals surface area contributed by atoms with Crippen LogP contribution in [0.2, 0.25) is 0 Å². The number of hydrogen-bond acceptors (Lipinski definition) is 21. The lowest BCUT2D eigenvalue weighted by Crippen LogP contribution is -2.62. The molecule has 3 fully saturated rings. The van der Waals surface area contributed by atoms with Gasteiger partial charge in [-0.3, -0.25) is 81.5 Å². The molecule has 38 nitrogen and oxygen atoms in total. The minimum Gasteiger partial charge on any atom is -0.508 e. The number of carbonyl (C=O) groups is 17. The van der Waals surface area contributed by atoms with Crippen molar-refractivity contribution in [3.8, 4) is 5.75 Å². The number of para-hydroxylation sites is 1. The number of hydrogen-bond donors (Lipinski definition) is 16. The number of fused-ring (bicyclic) bond motifs is 3. The molecule has 15 atom stereocenters. The lowest BCUT2D eigenvalue weighted by molar-refractivity contribution is -0.152. The fourth-order valence-electron chi connectivity index (χ4n) is 16.5. The number of carboxylic acids is 1. The van der Waals surface area contributed by atoms with Crippen LogP contribution >= 0.6 is 11.8 Å². The summed E-state index contributed by atoms with van der Waals surface area (Å²) in [6.07, 6.45) is -6.65. The third-order valence-corrected chi connectivity index (χ3v) is 24.8. The number of phenolic OH excluding ortho intramolecular Hbond substituents is 1. The fraction of sp³-hybridized carbons (Fsp3) is 0.473. The number of aliphatic carboxylic acids is 1. The zero-order chi connectivity index (χ0) is 98.9. The van der Waals surface area contributed by atoms with Gasteiger partial charge in [0.25, 0.3) is 0 Å². The monoisotopic (exact) mass is 1900 g/mol. The first-order chi connectivity index (χ1) is 64.0. The Labute approximate surface area is 781 Å². The lowest BCUT2D eigenvalue weighted by atomic mass is 9.98. The van der Waals surface area contributed by atoms with Crippen LogP contribution in [0.1, 0.15) is 120 Å². The summed E-state index contributed by atoms with van der Waals surface area (Å²) in [5.74, 6) is -26.7. The number of halogens is 3. The number of aromatic nitrogens is 1. The molecule has 42 heteroatoms. The van der Waals surface area contributed by atoms with Gasteiger partial charge in [0.15, 0.2) is 17.5 Å². The summed E-state index contributed by atoms with van der Waals surface area (Å²) >= 11 is 0.644. The quantitative estimate of drug-likeness (QED) is 0.0357. The molecule has 0 spiro atoms. The van der Waals surface area contributed by atoms with Crippen LogP contribution in [0.4, 0.5) is 13.2 Å². The Bertz CT molecular complexity index is 5270. The second-order valence-electron chi connectivity index (χ2n) is 34.9. The Morgan fingerprint density at radius 3 is 1.59 bits per heavy atom. The maximum Gasteiger partial charge on any atom is 0.305 e. The van der Waals surface area contributed by atoms with Gasteiger partial charge < -0.3 is 109 Å². The van der Waals surface area contributed by atoms with Gasteiger partial charge in [-0.1, -0.05) is 138 Å². The predicted octanol–water partition coefficient (Wildman–Crippen LogP) is 0.0679. The van der Waals surface area contributed by atoms with Crippen molar-refractivity contribution < 1.29 is 115 Å². The number of nitrogens with zero attached hydrogens (tertiary/aromatic N) is 5. The van der Waals surface area contributed by atoms with Gasteiger partial charge >= 0.3 is 5.97 Å². The van der Waals surface area contributed by atoms with Crippen LogP contribution in [0.5, 0.6) is 5.75 Å². The lowest BCUT2D eigenvalue weighted by Gasteiger charge is -2.38. The van der Waals surface area contributed by atoms with E-state index in [9.17, 15) is 58.4 Å². The zero-order valence-electron chi connectivity index (χ0n) is 76.0. The molecule has 0 aliphatic carbocycles. The van der Waals surface area contributed by atoms with E-state index in [1.54, 1.807) is 112 Å². The molecular formula is C93H118F3N17O21S. The highest BCUT2D eigenvalue weighted by Gasteiger charge is 2.48. The molecule has 3 aliphatic rings. The first kappa shape index (κ1) is 105. The zero-order valence-corrected chi connectivity index (χ0v) is 76.9. The van der Waals surface area contributed by atoms with Crippen molar-refractivity contribution in [1.82, 2.24) is 77.3 Å². The number of likely N-dealkylation sites (N-methyl/N-ethyl adjacent to an activating group) is 3. The minimum absolute atomic E-state index is 0.146. The van der Waals surface area contributed by atoms with Crippen LogP contribution in [-0.2, 0) is 114 Å². The number of thioether (sulfide) groups is 1. The highest BCUT2D eigenvalue weighted by Crippen LogP contribution is 2.29. The van der Waals surface area contributed by atoms with Crippen molar-refractivity contribution in [2.24, 2.45) is 23.3 Å². The number of aliphatic hydroxyl groups excluding tert-OH is 2. The van der Waals surface area contributed by atoms with Gasteiger partial charge in [-0.2, -0.15) is 0 Å². The maximum atomic E-state index is 15.7. The molecule has 0 saturated carbocycles. The second-order valence-corrected chi connectivity index (χ2v) is 35.9. The molecule has 0 unspecified atom stereocenters. The summed E-state index contributed by atoms with van der Waals surface area (Å²) in [4.78, 5) is 258. The summed E-state index contributed by atoms with van der Waals surface area (Å²) in [6.45, 7) is 6.14. The number of nitrogens with two attached hydrogens (primary N) is 2. The molecule has 728 valence electrons. The van der Waals surface area contributed by atoms with Crippen molar-refractivity contribution in [1.29, 1.82) is 0 Å². The number of phenols is 1. The largest absolute Gasteiger partial charge is 0.508 e. The van der Waals surface area contributed by atoms with E-state index in [0.29, 0.717) is 63.5 Å². The van der Waals surface area contributed by atoms with E-state index in [1.807, 2.05) is 0 Å². The Balaban J connectivity index is 1.15. The van der Waals surface area contributed by atoms with Gasteiger partial charge in [0, 0.05) is 108 Å². The summed E-state index contributed by atoms with van der Waals surface area (Å²) in [5.41, 5.74) is 12.9. The van der Waals surface area contributed by atoms with E-state index >= 15 is 56.7 Å². The number of aromatic amines is 1. The first-order valence-electron chi connectivity index (χ1n) is 44.4. The van der Waals surface area contributed by atoms with Crippen molar-refractivity contribution >= 4 is 123 Å². The van der Waals surface area contributed by atoms with Crippen molar-refractivity contribution in [2.75, 3.05) is 52.3 Å². The van der Waals surface area contributed by atoms with E-state index in [2.05, 4.69) is 52.8 Å². The number of unbranched alkanes of at least 4 members (excludes halogenated alkanes) is 1. The van der Waals surface area contributed by atoms with Crippen LogP contribution in [0.25, 0.3) is 10.9 Å². The van der Waals surface area contributed by atoms with Gasteiger partial charge in [0.1, 0.15) is 84.3 Å². The van der Waals surface area contributed by atoms with Crippen LogP contribution in [-0.4, -0.2) is 293 Å². The Hall–Kier alpha value is -13.5. The molecule has 0 bridgehead atoms. The number of H-pyrrole nitrogens is 1. The Morgan fingerprint density at radius 2 is 1.01 bits per heavy atom. The van der Waals surface area contributed by atoms with Crippen molar-refractivity contribution in [2.45, 2.75) is 215 Å². The highest BCUT2D eigenvalue weighted by atomic mass is 32.2. The maximum absolute atomic E-state index is 15.7. The Kier molecular flexibility index (Phi) is 38.1. The molecular weight excluding hydrogens is 1780 g/mol. The molecule has 3 aliphatic heterocycles. The van der Waals surface area contributed by atoms with Gasteiger partial charge in [-0.25, -0.2) is 13.2 Å². The Morgan fingerprint density at radius 1 is 0.511 bits per heavy atom. The van der Waals surface area contributed by atoms with E-state index in [-0.39, 0.29) is 44.3 Å². The molecule has 0 radical (unpaired) electrons. The number of benzene rings is 5. The summed E-state index contributed by atoms with van der Waals surface area (Å²) in [7, 11) is 3.57. The highest BCUT2D eigenvalue weighted by molar-refractivity contribution is 8.00. The molecule has 3 saturated heterocycles. The second kappa shape index (κ2) is 48.9. The van der Waals surface area contributed by atoms with Gasteiger partial charge in [-0.15, -0.1) is 11.8 Å². The number of primary amides is 2. The van der Waals surface area contributed by atoms with Gasteiger partial charge in [0.05, 0.1) is 30.9 Å². The molecule has 6 aromatic rings. The normalized spacial score (nSPS) is 24.5. The molecule has 18 N–H and O–H groups in total. The number of amides is 16. The summed E-state index contributed by atoms with van der Waals surface area (Å²) in [6, 6.07) is 7.14. The summed E-state index contributed by atoms with van der Waals surface area (Å²) < 4.78 is 45.1. The summed E-state index contributed by atoms with van der Waals surface area (Å²) in [5, 5.41) is 67.3. The fourth-order valence-corrected chi connectivity index (χ4v) is 17.3. The molecule has 135 heavy (non-hydrogen) atoms. The third-order valence-electron chi connectivity index (χ3n) is 23.7. The average Bonchev–Trinajstić information content (AvgIpc) is 1.68. The molecule has 16 amide bonds. The molecule has 9 rings (SSSR count). The smallest absolute Gasteiger partial charge is 0.305 e. The van der Waals surface area contributed by atoms with Crippen LogP contribution in [0.15, 0.2) is 128 Å². The molecule has 4 heterocycles. The SMILES string of the molecule is CCCC[C@H]1C(=O)N2C[C@H](O)C[C@@H]2C(=O)N[C@@H](CC(=O)O)C(=O)N[C@@H](C(C)C)C(=O)N(C)[C@@H](Cc2ccccc2)C(=O)N[C@@H](CCC(N)=O)C(=O)N2C[C@H](O)C[C@@H]2C(=O)N[C@@H](Cc2c[nH]c3ccccc23)C(=O)N[C@@H](Cc2ccc(O)cc2)C(=O)N[C@@H](CC(C)C)C(=O)N[C@H](C(=O)NCC(N)=O)CSCC(=O)N[C@@H](Cc2cc(F)c(F)c(F)c2)C(=O)N(C)[C@@H](Cc2ccccc2)C(=O)N1C. The van der Waals surface area contributed by atoms with Crippen LogP contribution in [0.3, 0.4) is 0 Å². The predicted molar refractivity (Wildman–Crippen MR) is 486 cm³/mol. The topological polar surface area (TPSA) is 563 Å². The average molecular weight is 1900 g/mol. The van der Waals surface area contributed by atoms with Crippen LogP contribution < -0.4 is 59.3 Å². The van der Waals surface area contributed by atoms with E-state index in [1.165, 1.54) is 52.2 Å². The number of aliphatic hydroxyl groups is 2. The van der Waals surface area contributed by atoms with Gasteiger partial charge in [-0.05, 0) is 89.2 Å². The van der Waals surface area contributed by atoms with Crippen molar-refractivity contribution in [3.05, 3.63) is 173 Å². The number of rotatable bonds is 24. The molecule has 1 aromatic heterocycles. The van der Waals surface area contributed by atoms with Gasteiger partial charge in [0.2, 0.25) is 94.5 Å². The number of carbonyl (C=O) groups excluding carboxylic acids is 16. The number of nitrogens with one attached hydrogen (secondary N) is 10. The standard InChI is InChI=1S/C93H118F3N17O21S/c1-9-10-25-70-92(133)113-46-58(116)41-73(113)88(129)106-67(42-78(120)121)85(126)108-80(50(4)5)93(134)110(7)71(37-51-19-13-11-14-20-51)86(127)102-63(30-31-75(97)117)90(131)112-45-57(115)40-72(112)87(128)105-66(39-55-43-99-62-24-18-17-23-59(55)62)84(125)104-65(35-53-26-28-56(114)29-27-53)83(124)103-64(32-49(2)3)82(123)107-69(81(122)100-44-76(98)118)47-135-48-77(119)101-68(36-54-33-60(94)79(96)61(95)34-54)89(130)111(8)74(91(132)109(70)6)38-52-21-15-12-16-22-52/h11-24,26-29,33-34,43,49-50,57-58,63-74,80,99,114-116H,9-10,25,30-32,35-42,44-48H2,1-8H3,(H2,97,117)(H2,98,118)(H,100,122)(H,101,119)(H,102,127)(H,103,124)(H,104,125)(H,105,128)(H,106,129)(H,107,123)(H,108,126)(H,120,121)/t57-,58-,63+,64+,65+,66+,67+,68+,69+,70+,71+,72-,73-,74+,80+/m1/s1. The third kappa shape index (κ3) is 29.2. The van der Waals surface area contributed by atoms with Crippen molar-refractivity contribution in [3.63, 3.8) is 0 Å². The minimum atomic E-state index is -2.07. The number of aromatic hydroxyl groups is 1. The number of carboxylic acid groups (broad SMARTS) is 1. The van der Waals surface area contributed by atoms with Crippen LogP contribution in [0, 0.1) is 29.3 Å². The van der Waals surface area contributed by atoms with E-state index in [4.69, 9.17) is 11.5 Å². The van der Waals surface area contributed by atoms with E-state index < -0.39 is 302 Å².